The summed E-state index contributed by atoms with van der Waals surface area (Å²) in [7, 11) is 4.12. The van der Waals surface area contributed by atoms with Crippen LogP contribution in [-0.4, -0.2) is 88.6 Å². The monoisotopic (exact) mass is 728 g/mol. The quantitative estimate of drug-likeness (QED) is 0.205. The first-order chi connectivity index (χ1) is 23.9. The number of aliphatic hydroxyl groups excluding tert-OH is 2. The lowest BCUT2D eigenvalue weighted by molar-refractivity contribution is -0.183. The largest absolute Gasteiger partial charge is 0.394 e. The molecule has 1 heterocycles. The number of rotatable bonds is 14. The summed E-state index contributed by atoms with van der Waals surface area (Å²) in [6.45, 7) is 17.0. The van der Waals surface area contributed by atoms with Crippen molar-refractivity contribution in [3.8, 4) is 0 Å². The van der Waals surface area contributed by atoms with E-state index < -0.39 is 24.2 Å². The van der Waals surface area contributed by atoms with E-state index in [4.69, 9.17) is 16.4 Å². The highest BCUT2D eigenvalue weighted by Gasteiger charge is 2.57. The smallest absolute Gasteiger partial charge is 0.240 e. The van der Waals surface area contributed by atoms with Crippen LogP contribution < -0.4 is 5.32 Å². The number of hydrogen-bond acceptors (Lipinski definition) is 7. The number of nitrogens with one attached hydrogen (secondary N) is 1. The number of fused-ring (bicyclic) bond motifs is 2. The molecular weight excluding hydrogens is 667 g/mol. The standard InChI is InChI=1S/C41H62ClFN4O4/c1-25-32-17-29(41(32,6)7)18-35(25)44-39(50)38-37(26(2)49)36(24-48)51-47(38)21-28-13-10-12-27(16-28)20-46(23-31-33(42)14-11-15-34(31)43)30(22-45(8)9)19-40(3,4)5/h10-16,25-26,29-30,32,35-38,48-49H,17-24H2,1-9H3,(H,44,50)/t25-,26-,29+,30-,32-,35-,36-,37+,38-/m0/s1. The molecule has 9 atom stereocenters. The number of amides is 1. The first-order valence-corrected chi connectivity index (χ1v) is 19.2. The van der Waals surface area contributed by atoms with Crippen molar-refractivity contribution in [2.45, 2.75) is 118 Å². The van der Waals surface area contributed by atoms with Crippen LogP contribution >= 0.6 is 11.6 Å². The molecule has 3 aliphatic carbocycles. The van der Waals surface area contributed by atoms with Crippen LogP contribution in [0.4, 0.5) is 4.39 Å². The maximum atomic E-state index is 15.2. The number of hydrogen-bond donors (Lipinski definition) is 3. The van der Waals surface area contributed by atoms with E-state index in [1.54, 1.807) is 24.1 Å². The topological polar surface area (TPSA) is 88.5 Å². The lowest BCUT2D eigenvalue weighted by Crippen LogP contribution is -2.62. The molecule has 0 spiro atoms. The Morgan fingerprint density at radius 2 is 1.82 bits per heavy atom. The summed E-state index contributed by atoms with van der Waals surface area (Å²) in [4.78, 5) is 24.9. The van der Waals surface area contributed by atoms with Crippen molar-refractivity contribution in [1.29, 1.82) is 0 Å². The molecule has 51 heavy (non-hydrogen) atoms. The molecule has 10 heteroatoms. The van der Waals surface area contributed by atoms with Gasteiger partial charge in [-0.05, 0) is 92.1 Å². The van der Waals surface area contributed by atoms with Crippen molar-refractivity contribution in [2.24, 2.45) is 34.5 Å². The normalized spacial score (nSPS) is 28.9. The number of nitrogens with zero attached hydrogens (tertiary/aromatic N) is 3. The zero-order valence-electron chi connectivity index (χ0n) is 32.2. The zero-order chi connectivity index (χ0) is 37.4. The van der Waals surface area contributed by atoms with Crippen molar-refractivity contribution in [2.75, 3.05) is 27.2 Å². The fourth-order valence-corrected chi connectivity index (χ4v) is 9.59. The van der Waals surface area contributed by atoms with Gasteiger partial charge in [0.05, 0.1) is 19.3 Å². The van der Waals surface area contributed by atoms with E-state index in [1.165, 1.54) is 12.5 Å². The van der Waals surface area contributed by atoms with E-state index in [2.05, 4.69) is 82.9 Å². The number of halogens is 2. The fraction of sp³-hybridized carbons (Fsp3) is 0.683. The number of likely N-dealkylation sites (N-methyl/N-ethyl adjacent to an activating group) is 1. The van der Waals surface area contributed by atoms with Crippen molar-refractivity contribution in [3.63, 3.8) is 0 Å². The van der Waals surface area contributed by atoms with Crippen LogP contribution in [0.3, 0.4) is 0 Å². The molecular formula is C41H62ClFN4O4. The Hall–Kier alpha value is -2.11. The van der Waals surface area contributed by atoms with E-state index in [0.29, 0.717) is 53.4 Å². The van der Waals surface area contributed by atoms with Crippen LogP contribution in [0.1, 0.15) is 84.4 Å². The van der Waals surface area contributed by atoms with Gasteiger partial charge in [-0.3, -0.25) is 14.5 Å². The van der Waals surface area contributed by atoms with E-state index in [9.17, 15) is 15.0 Å². The van der Waals surface area contributed by atoms with Gasteiger partial charge in [-0.25, -0.2) is 4.39 Å². The minimum Gasteiger partial charge on any atom is -0.394 e. The van der Waals surface area contributed by atoms with Crippen LogP contribution in [0.15, 0.2) is 42.5 Å². The van der Waals surface area contributed by atoms with Gasteiger partial charge in [0.2, 0.25) is 5.91 Å². The van der Waals surface area contributed by atoms with Gasteiger partial charge in [-0.1, -0.05) is 83.5 Å². The lowest BCUT2D eigenvalue weighted by atomic mass is 9.45. The third kappa shape index (κ3) is 9.17. The van der Waals surface area contributed by atoms with Gasteiger partial charge in [-0.15, -0.1) is 0 Å². The minimum absolute atomic E-state index is 0.0399. The molecule has 8 nitrogen and oxygen atoms in total. The molecule has 0 aromatic heterocycles. The van der Waals surface area contributed by atoms with Crippen LogP contribution in [0.5, 0.6) is 0 Å². The molecule has 2 aromatic rings. The molecule has 3 saturated carbocycles. The Labute approximate surface area is 310 Å². The number of aliphatic hydroxyl groups is 2. The van der Waals surface area contributed by atoms with Crippen LogP contribution in [-0.2, 0) is 29.3 Å². The molecule has 2 bridgehead atoms. The van der Waals surface area contributed by atoms with E-state index in [-0.39, 0.29) is 35.8 Å². The molecule has 3 N–H and O–H groups in total. The van der Waals surface area contributed by atoms with E-state index >= 15 is 4.39 Å². The number of carbonyl (C=O) groups is 1. The van der Waals surface area contributed by atoms with Crippen molar-refractivity contribution in [3.05, 3.63) is 70.0 Å². The first kappa shape index (κ1) is 40.1. The Morgan fingerprint density at radius 3 is 2.41 bits per heavy atom. The summed E-state index contributed by atoms with van der Waals surface area (Å²) in [5.74, 6) is 0.462. The summed E-state index contributed by atoms with van der Waals surface area (Å²) < 4.78 is 15.2. The summed E-state index contributed by atoms with van der Waals surface area (Å²) in [6, 6.07) is 12.5. The van der Waals surface area contributed by atoms with Gasteiger partial charge in [0, 0.05) is 48.2 Å². The van der Waals surface area contributed by atoms with Crippen LogP contribution in [0.2, 0.25) is 5.02 Å². The average Bonchev–Trinajstić information content (AvgIpc) is 3.40. The van der Waals surface area contributed by atoms with Crippen molar-refractivity contribution >= 4 is 17.5 Å². The summed E-state index contributed by atoms with van der Waals surface area (Å²) >= 11 is 6.56. The molecule has 0 radical (unpaired) electrons. The molecule has 6 rings (SSSR count). The summed E-state index contributed by atoms with van der Waals surface area (Å²) in [5, 5.41) is 26.6. The van der Waals surface area contributed by atoms with E-state index in [1.807, 2.05) is 12.1 Å². The van der Waals surface area contributed by atoms with Gasteiger partial charge in [0.25, 0.3) is 0 Å². The molecule has 4 aliphatic rings. The van der Waals surface area contributed by atoms with Gasteiger partial charge in [-0.2, -0.15) is 5.06 Å². The third-order valence-corrected chi connectivity index (χ3v) is 12.5. The molecule has 1 aliphatic heterocycles. The predicted molar refractivity (Wildman–Crippen MR) is 201 cm³/mol. The van der Waals surface area contributed by atoms with Gasteiger partial charge >= 0.3 is 0 Å². The molecule has 284 valence electrons. The third-order valence-electron chi connectivity index (χ3n) is 12.1. The average molecular weight is 729 g/mol. The van der Waals surface area contributed by atoms with E-state index in [0.717, 1.165) is 30.5 Å². The van der Waals surface area contributed by atoms with Crippen molar-refractivity contribution < 1.29 is 24.2 Å². The Balaban J connectivity index is 1.39. The second-order valence-corrected chi connectivity index (χ2v) is 18.2. The van der Waals surface area contributed by atoms with Gasteiger partial charge in [0.1, 0.15) is 18.0 Å². The highest BCUT2D eigenvalue weighted by atomic mass is 35.5. The molecule has 1 saturated heterocycles. The second kappa shape index (κ2) is 16.1. The zero-order valence-corrected chi connectivity index (χ0v) is 33.0. The molecule has 2 aromatic carbocycles. The SMILES string of the molecule is C[C@@H]1[C@@H](NC(=O)[C@@H]2[C@H]([C@H](C)O)[C@H](CO)ON2Cc2cccc(CN(Cc3c(F)cccc3Cl)[C@H](CN(C)C)CC(C)(C)C)c2)C[C@H]2C[C@@H]1C2(C)C. The Bertz CT molecular complexity index is 1480. The number of benzene rings is 2. The Kier molecular flexibility index (Phi) is 12.6. The highest BCUT2D eigenvalue weighted by Crippen LogP contribution is 2.61. The molecule has 4 fully saturated rings. The van der Waals surface area contributed by atoms with Gasteiger partial charge < -0.3 is 20.4 Å². The maximum absolute atomic E-state index is 15.2. The first-order valence-electron chi connectivity index (χ1n) is 18.8. The molecule has 0 unspecified atom stereocenters. The van der Waals surface area contributed by atoms with Crippen LogP contribution in [0.25, 0.3) is 0 Å². The number of carbonyl (C=O) groups excluding carboxylic acids is 1. The highest BCUT2D eigenvalue weighted by molar-refractivity contribution is 6.31. The fourth-order valence-electron chi connectivity index (χ4n) is 9.36. The van der Waals surface area contributed by atoms with Gasteiger partial charge in [0.15, 0.2) is 0 Å². The summed E-state index contributed by atoms with van der Waals surface area (Å²) in [6.07, 6.45) is 1.51. The minimum atomic E-state index is -0.861. The lowest BCUT2D eigenvalue weighted by Gasteiger charge is -2.62. The van der Waals surface area contributed by atoms with Crippen LogP contribution in [0, 0.1) is 40.3 Å². The Morgan fingerprint density at radius 1 is 1.14 bits per heavy atom. The maximum Gasteiger partial charge on any atom is 0.240 e. The molecule has 1 amide bonds. The second-order valence-electron chi connectivity index (χ2n) is 17.8. The number of hydroxylamine groups is 2. The predicted octanol–water partition coefficient (Wildman–Crippen LogP) is 6.51. The van der Waals surface area contributed by atoms with Crippen molar-refractivity contribution in [1.82, 2.24) is 20.2 Å². The summed E-state index contributed by atoms with van der Waals surface area (Å²) in [5.41, 5.74) is 2.81.